The Morgan fingerprint density at radius 3 is 2.12 bits per heavy atom. The maximum Gasteiger partial charge on any atom is 0.258 e. The molecular weight excluding hydrogens is 762 g/mol. The van der Waals surface area contributed by atoms with Gasteiger partial charge in [-0.2, -0.15) is 0 Å². The van der Waals surface area contributed by atoms with Crippen LogP contribution in [0.15, 0.2) is 96.6 Å². The molecule has 0 unspecified atom stereocenters. The lowest BCUT2D eigenvalue weighted by Gasteiger charge is -2.50. The third kappa shape index (κ3) is 5.43. The van der Waals surface area contributed by atoms with Crippen LogP contribution in [0.4, 0.5) is 15.8 Å². The third-order valence-electron chi connectivity index (χ3n) is 11.5. The molecule has 8 rings (SSSR count). The molecule has 2 aliphatic heterocycles. The minimum absolute atomic E-state index is 0.0490. The standard InChI is InChI=1S/C43H35Cl2FN2O8/c1-54-28-17-20-33(55-2)24(21-28)10-7-23-8-13-26(14-9-23)47-38(50)30-19-18-29-31(35(30)39(47)51)22-42(44)40(52)48(27-15-11-25(46)12-16-27)41(53)43(42,45)37(29)36-32(49)5-4-6-34(36)56-3/h4-18,20-21,30-31,35,37,49H,19,22H2,1-3H3/t30-,31+,35-,37+,42+,43-/m0/s1. The Balaban J connectivity index is 1.17. The van der Waals surface area contributed by atoms with Crippen LogP contribution in [0.3, 0.4) is 0 Å². The number of benzene rings is 4. The van der Waals surface area contributed by atoms with Gasteiger partial charge in [0.05, 0.1) is 44.5 Å². The molecule has 2 saturated heterocycles. The summed E-state index contributed by atoms with van der Waals surface area (Å²) in [5.41, 5.74) is 2.59. The Morgan fingerprint density at radius 2 is 1.45 bits per heavy atom. The number of halogens is 3. The number of phenolic OH excluding ortho intramolecular Hbond substituents is 1. The normalized spacial score (nSPS) is 26.9. The van der Waals surface area contributed by atoms with Crippen LogP contribution in [0.25, 0.3) is 12.2 Å². The number of amides is 4. The Morgan fingerprint density at radius 1 is 0.768 bits per heavy atom. The molecule has 2 heterocycles. The van der Waals surface area contributed by atoms with E-state index in [1.54, 1.807) is 68.8 Å². The van der Waals surface area contributed by atoms with Gasteiger partial charge in [-0.05, 0) is 91.1 Å². The summed E-state index contributed by atoms with van der Waals surface area (Å²) in [6.45, 7) is 0. The number of methoxy groups -OCH3 is 3. The highest BCUT2D eigenvalue weighted by Crippen LogP contribution is 2.67. The highest BCUT2D eigenvalue weighted by molar-refractivity contribution is 6.58. The van der Waals surface area contributed by atoms with Gasteiger partial charge >= 0.3 is 0 Å². The topological polar surface area (TPSA) is 123 Å². The zero-order chi connectivity index (χ0) is 39.7. The van der Waals surface area contributed by atoms with Gasteiger partial charge in [-0.1, -0.05) is 42.0 Å². The molecule has 1 saturated carbocycles. The van der Waals surface area contributed by atoms with Crippen LogP contribution in [-0.2, 0) is 19.2 Å². The van der Waals surface area contributed by atoms with Gasteiger partial charge in [0.2, 0.25) is 11.8 Å². The number of nitrogens with zero attached hydrogens (tertiary/aromatic N) is 2. The first kappa shape index (κ1) is 37.3. The van der Waals surface area contributed by atoms with Gasteiger partial charge in [0.15, 0.2) is 9.75 Å². The molecule has 1 N–H and O–H groups in total. The first-order chi connectivity index (χ1) is 26.9. The number of aromatic hydroxyl groups is 1. The lowest BCUT2D eigenvalue weighted by molar-refractivity contribution is -0.125. The average Bonchev–Trinajstić information content (AvgIpc) is 3.54. The summed E-state index contributed by atoms with van der Waals surface area (Å²) in [5.74, 6) is -5.89. The number of hydrogen-bond acceptors (Lipinski definition) is 8. The Bertz CT molecular complexity index is 2370. The summed E-state index contributed by atoms with van der Waals surface area (Å²) in [6, 6.07) is 21.7. The number of imide groups is 2. The largest absolute Gasteiger partial charge is 0.508 e. The van der Waals surface area contributed by atoms with Crippen LogP contribution in [0, 0.1) is 23.6 Å². The monoisotopic (exact) mass is 796 g/mol. The predicted molar refractivity (Wildman–Crippen MR) is 209 cm³/mol. The van der Waals surface area contributed by atoms with Crippen molar-refractivity contribution in [1.29, 1.82) is 0 Å². The van der Waals surface area contributed by atoms with Crippen LogP contribution >= 0.6 is 23.2 Å². The van der Waals surface area contributed by atoms with Gasteiger partial charge < -0.3 is 19.3 Å². The maximum absolute atomic E-state index is 14.6. The highest BCUT2D eigenvalue weighted by atomic mass is 35.5. The van der Waals surface area contributed by atoms with Gasteiger partial charge in [0.25, 0.3) is 11.8 Å². The second-order valence-corrected chi connectivity index (χ2v) is 15.4. The van der Waals surface area contributed by atoms with E-state index in [1.165, 1.54) is 25.3 Å². The summed E-state index contributed by atoms with van der Waals surface area (Å²) < 4.78 is 30.5. The maximum atomic E-state index is 14.6. The lowest BCUT2D eigenvalue weighted by atomic mass is 9.56. The minimum atomic E-state index is -2.23. The lowest BCUT2D eigenvalue weighted by Crippen LogP contribution is -2.60. The van der Waals surface area contributed by atoms with E-state index in [0.29, 0.717) is 22.8 Å². The van der Waals surface area contributed by atoms with Crippen molar-refractivity contribution in [3.05, 3.63) is 119 Å². The van der Waals surface area contributed by atoms with Gasteiger partial charge in [0.1, 0.15) is 28.8 Å². The SMILES string of the molecule is COc1ccc(OC)c(C=Cc2ccc(N3C(=O)[C@H]4[C@H](CC=C5[C@H]4C[C@@]4(Cl)C(=O)N(c6ccc(F)cc6)C(=O)[C@@]4(Cl)[C@H]5c4c(O)cccc4OC)C3=O)cc2)c1. The second-order valence-electron chi connectivity index (χ2n) is 14.2. The molecule has 10 nitrogen and oxygen atoms in total. The van der Waals surface area contributed by atoms with E-state index in [2.05, 4.69) is 0 Å². The molecule has 4 amide bonds. The van der Waals surface area contributed by atoms with Crippen molar-refractivity contribution in [2.24, 2.45) is 17.8 Å². The number of ether oxygens (including phenoxy) is 3. The third-order valence-corrected chi connectivity index (χ3v) is 12.9. The second kappa shape index (κ2) is 13.8. The van der Waals surface area contributed by atoms with Crippen LogP contribution in [-0.4, -0.2) is 59.8 Å². The molecule has 6 atom stereocenters. The molecule has 0 aromatic heterocycles. The fourth-order valence-corrected chi connectivity index (χ4v) is 9.78. The Kier molecular flexibility index (Phi) is 9.20. The van der Waals surface area contributed by atoms with Crippen molar-refractivity contribution in [3.8, 4) is 23.0 Å². The number of hydrogen-bond donors (Lipinski definition) is 1. The summed E-state index contributed by atoms with van der Waals surface area (Å²) in [5, 5.41) is 11.4. The van der Waals surface area contributed by atoms with Crippen LogP contribution in [0.1, 0.15) is 35.4 Å². The summed E-state index contributed by atoms with van der Waals surface area (Å²) in [6.07, 6.45) is 5.36. The van der Waals surface area contributed by atoms with E-state index in [0.717, 1.165) is 33.1 Å². The molecule has 0 bridgehead atoms. The molecule has 56 heavy (non-hydrogen) atoms. The quantitative estimate of drug-likeness (QED) is 0.0843. The fraction of sp³-hybridized carbons (Fsp3) is 0.256. The molecule has 2 aliphatic carbocycles. The molecule has 286 valence electrons. The Labute approximate surface area is 331 Å². The van der Waals surface area contributed by atoms with Crippen molar-refractivity contribution < 1.29 is 42.9 Å². The smallest absolute Gasteiger partial charge is 0.258 e. The van der Waals surface area contributed by atoms with Crippen LogP contribution in [0.2, 0.25) is 0 Å². The van der Waals surface area contributed by atoms with Crippen LogP contribution < -0.4 is 24.0 Å². The van der Waals surface area contributed by atoms with Crippen molar-refractivity contribution >= 4 is 70.4 Å². The number of allylic oxidation sites excluding steroid dienone is 2. The zero-order valence-electron chi connectivity index (χ0n) is 30.4. The number of carbonyl (C=O) groups excluding carboxylic acids is 4. The Hall–Kier alpha value is -5.65. The van der Waals surface area contributed by atoms with Crippen molar-refractivity contribution in [2.45, 2.75) is 28.5 Å². The molecule has 13 heteroatoms. The van der Waals surface area contributed by atoms with E-state index in [-0.39, 0.29) is 35.6 Å². The zero-order valence-corrected chi connectivity index (χ0v) is 31.9. The van der Waals surface area contributed by atoms with E-state index < -0.39 is 62.9 Å². The molecule has 4 aliphatic rings. The van der Waals surface area contributed by atoms with Crippen molar-refractivity contribution in [1.82, 2.24) is 0 Å². The molecule has 3 fully saturated rings. The van der Waals surface area contributed by atoms with Crippen molar-refractivity contribution in [2.75, 3.05) is 31.1 Å². The first-order valence-electron chi connectivity index (χ1n) is 17.8. The number of rotatable bonds is 8. The average molecular weight is 798 g/mol. The van der Waals surface area contributed by atoms with Gasteiger partial charge in [-0.3, -0.25) is 24.1 Å². The summed E-state index contributed by atoms with van der Waals surface area (Å²) in [7, 11) is 4.55. The van der Waals surface area contributed by atoms with Crippen molar-refractivity contribution in [3.63, 3.8) is 0 Å². The number of carbonyl (C=O) groups is 4. The molecule has 4 aromatic carbocycles. The number of fused-ring (bicyclic) bond motifs is 4. The van der Waals surface area contributed by atoms with Gasteiger partial charge in [0, 0.05) is 17.0 Å². The minimum Gasteiger partial charge on any atom is -0.508 e. The van der Waals surface area contributed by atoms with Gasteiger partial charge in [-0.15, -0.1) is 23.2 Å². The fourth-order valence-electron chi connectivity index (χ4n) is 8.86. The van der Waals surface area contributed by atoms with E-state index in [9.17, 15) is 28.7 Å². The molecule has 0 radical (unpaired) electrons. The van der Waals surface area contributed by atoms with E-state index >= 15 is 0 Å². The number of phenols is 1. The summed E-state index contributed by atoms with van der Waals surface area (Å²) >= 11 is 14.9. The number of anilines is 2. The molecule has 4 aromatic rings. The highest BCUT2D eigenvalue weighted by Gasteiger charge is 2.77. The molecule has 0 spiro atoms. The first-order valence-corrected chi connectivity index (χ1v) is 18.6. The summed E-state index contributed by atoms with van der Waals surface area (Å²) in [4.78, 5) is 55.5. The predicted octanol–water partition coefficient (Wildman–Crippen LogP) is 7.50. The van der Waals surface area contributed by atoms with Gasteiger partial charge in [-0.25, -0.2) is 9.29 Å². The van der Waals surface area contributed by atoms with E-state index in [1.807, 2.05) is 18.2 Å². The van der Waals surface area contributed by atoms with Crippen LogP contribution in [0.5, 0.6) is 23.0 Å². The van der Waals surface area contributed by atoms with E-state index in [4.69, 9.17) is 37.4 Å². The number of alkyl halides is 2. The molecular formula is C43H35Cl2FN2O8.